The molecule has 0 saturated carbocycles. The van der Waals surface area contributed by atoms with Gasteiger partial charge in [-0.3, -0.25) is 4.67 Å². The Morgan fingerprint density at radius 1 is 1.36 bits per heavy atom. The Kier molecular flexibility index (Phi) is 2.61. The molecule has 0 aliphatic heterocycles. The lowest BCUT2D eigenvalue weighted by Gasteiger charge is -2.09. The highest BCUT2D eigenvalue weighted by Crippen LogP contribution is 2.14. The van der Waals surface area contributed by atoms with Crippen LogP contribution in [0.2, 0.25) is 0 Å². The van der Waals surface area contributed by atoms with Crippen molar-refractivity contribution in [2.75, 3.05) is 14.1 Å². The fourth-order valence-electron chi connectivity index (χ4n) is 1.04. The molecule has 0 N–H and O–H groups in total. The average Bonchev–Trinajstić information content (AvgIpc) is 2.58. The molecule has 0 saturated heterocycles. The summed E-state index contributed by atoms with van der Waals surface area (Å²) in [6, 6.07) is 7.69. The second kappa shape index (κ2) is 3.90. The van der Waals surface area contributed by atoms with Gasteiger partial charge in [-0.25, -0.2) is 0 Å². The van der Waals surface area contributed by atoms with Gasteiger partial charge in [0.25, 0.3) is 0 Å². The summed E-state index contributed by atoms with van der Waals surface area (Å²) >= 11 is 0. The molecule has 1 aromatic heterocycles. The molecular weight excluding hydrogens is 199 g/mol. The third-order valence-corrected chi connectivity index (χ3v) is 2.25. The van der Waals surface area contributed by atoms with Gasteiger partial charge in [0.15, 0.2) is 8.96 Å². The Hall–Kier alpha value is -1.19. The molecule has 1 heterocycles. The molecule has 0 amide bonds. The van der Waals surface area contributed by atoms with Crippen molar-refractivity contribution in [3.63, 3.8) is 0 Å². The number of para-hydroxylation sites is 1. The molecule has 74 valence electrons. The van der Waals surface area contributed by atoms with Crippen LogP contribution in [0.15, 0.2) is 24.3 Å². The zero-order chi connectivity index (χ0) is 9.97. The van der Waals surface area contributed by atoms with E-state index in [-0.39, 0.29) is 8.96 Å². The van der Waals surface area contributed by atoms with Gasteiger partial charge in [0.2, 0.25) is 0 Å². The predicted molar refractivity (Wildman–Crippen MR) is 56.1 cm³/mol. The van der Waals surface area contributed by atoms with Crippen LogP contribution >= 0.6 is 8.96 Å². The van der Waals surface area contributed by atoms with Crippen molar-refractivity contribution in [2.45, 2.75) is 0 Å². The highest BCUT2D eigenvalue weighted by molar-refractivity contribution is 7.29. The predicted octanol–water partition coefficient (Wildman–Crippen LogP) is 0.930. The Morgan fingerprint density at radius 2 is 2.14 bits per heavy atom. The Bertz CT molecular complexity index is 428. The topological polar surface area (TPSA) is 43.2 Å². The van der Waals surface area contributed by atoms with Gasteiger partial charge in [0, 0.05) is 0 Å². The number of rotatable bonds is 3. The van der Waals surface area contributed by atoms with Gasteiger partial charge >= 0.3 is 0 Å². The molecule has 2 rings (SSSR count). The van der Waals surface area contributed by atoms with Gasteiger partial charge in [0.05, 0.1) is 0 Å². The van der Waals surface area contributed by atoms with E-state index >= 15 is 0 Å². The summed E-state index contributed by atoms with van der Waals surface area (Å²) in [5.74, 6) is 0. The van der Waals surface area contributed by atoms with E-state index in [0.29, 0.717) is 0 Å². The molecular formula is C8H11N4OP. The normalized spacial score (nSPS) is 11.9. The number of benzene rings is 1. The SMILES string of the molecule is CN(C)POn1nnc2ccccc21. The van der Waals surface area contributed by atoms with Crippen molar-refractivity contribution in [2.24, 2.45) is 0 Å². The van der Waals surface area contributed by atoms with Crippen LogP contribution in [0.5, 0.6) is 0 Å². The van der Waals surface area contributed by atoms with Crippen molar-refractivity contribution >= 4 is 20.0 Å². The molecule has 0 spiro atoms. The second-order valence-corrected chi connectivity index (χ2v) is 4.29. The molecule has 0 radical (unpaired) electrons. The molecule has 1 unspecified atom stereocenters. The van der Waals surface area contributed by atoms with Crippen molar-refractivity contribution in [1.82, 2.24) is 19.8 Å². The van der Waals surface area contributed by atoms with E-state index in [1.807, 2.05) is 43.0 Å². The minimum absolute atomic E-state index is 0.240. The van der Waals surface area contributed by atoms with E-state index in [4.69, 9.17) is 4.62 Å². The van der Waals surface area contributed by atoms with Crippen LogP contribution in [-0.2, 0) is 0 Å². The van der Waals surface area contributed by atoms with Gasteiger partial charge in [-0.2, -0.15) is 0 Å². The van der Waals surface area contributed by atoms with Crippen molar-refractivity contribution in [3.8, 4) is 0 Å². The summed E-state index contributed by atoms with van der Waals surface area (Å²) in [6.45, 7) is 0. The van der Waals surface area contributed by atoms with Crippen LogP contribution in [0.1, 0.15) is 0 Å². The van der Waals surface area contributed by atoms with Gasteiger partial charge < -0.3 is 4.62 Å². The van der Waals surface area contributed by atoms with E-state index < -0.39 is 0 Å². The molecule has 0 bridgehead atoms. The molecule has 0 aliphatic carbocycles. The number of hydrogen-bond donors (Lipinski definition) is 0. The third-order valence-electron chi connectivity index (χ3n) is 1.63. The molecule has 0 fully saturated rings. The highest BCUT2D eigenvalue weighted by atomic mass is 31.1. The standard InChI is InChI=1S/C8H11N4OP/c1-11(2)14-13-12-8-6-4-3-5-7(8)9-10-12/h3-6,14H,1-2H3. The lowest BCUT2D eigenvalue weighted by atomic mass is 10.3. The number of hydrogen-bond acceptors (Lipinski definition) is 4. The van der Waals surface area contributed by atoms with Crippen LogP contribution in [-0.4, -0.2) is 33.9 Å². The molecule has 2 aromatic rings. The summed E-state index contributed by atoms with van der Waals surface area (Å²) in [7, 11) is 4.12. The fraction of sp³-hybridized carbons (Fsp3) is 0.250. The molecule has 0 aliphatic rings. The number of nitrogens with zero attached hydrogens (tertiary/aromatic N) is 4. The van der Waals surface area contributed by atoms with Gasteiger partial charge in [-0.1, -0.05) is 17.0 Å². The smallest absolute Gasteiger partial charge is 0.182 e. The van der Waals surface area contributed by atoms with Crippen molar-refractivity contribution < 1.29 is 4.62 Å². The maximum absolute atomic E-state index is 5.42. The maximum Gasteiger partial charge on any atom is 0.182 e. The Labute approximate surface area is 83.5 Å². The molecule has 5 nitrogen and oxygen atoms in total. The molecule has 14 heavy (non-hydrogen) atoms. The minimum Gasteiger partial charge on any atom is -0.362 e. The third kappa shape index (κ3) is 1.84. The summed E-state index contributed by atoms with van der Waals surface area (Å²) in [5, 5.41) is 7.86. The van der Waals surface area contributed by atoms with Gasteiger partial charge in [0.1, 0.15) is 11.0 Å². The first-order chi connectivity index (χ1) is 6.77. The van der Waals surface area contributed by atoms with Crippen LogP contribution in [0.4, 0.5) is 0 Å². The quantitative estimate of drug-likeness (QED) is 0.707. The number of fused-ring (bicyclic) bond motifs is 1. The minimum atomic E-state index is 0.240. The van der Waals surface area contributed by atoms with Crippen LogP contribution in [0.3, 0.4) is 0 Å². The zero-order valence-corrected chi connectivity index (χ0v) is 9.01. The van der Waals surface area contributed by atoms with Crippen molar-refractivity contribution in [1.29, 1.82) is 0 Å². The summed E-state index contributed by atoms with van der Waals surface area (Å²) in [5.41, 5.74) is 1.73. The first-order valence-corrected chi connectivity index (χ1v) is 5.03. The molecule has 6 heteroatoms. The first kappa shape index (κ1) is 9.37. The Morgan fingerprint density at radius 3 is 2.93 bits per heavy atom. The Balaban J connectivity index is 2.25. The average molecular weight is 210 g/mol. The lowest BCUT2D eigenvalue weighted by Crippen LogP contribution is -2.10. The fourth-order valence-corrected chi connectivity index (χ4v) is 1.41. The van der Waals surface area contributed by atoms with Crippen LogP contribution < -0.4 is 4.62 Å². The monoisotopic (exact) mass is 210 g/mol. The summed E-state index contributed by atoms with van der Waals surface area (Å²) in [6.07, 6.45) is 0. The van der Waals surface area contributed by atoms with Gasteiger partial charge in [-0.15, -0.1) is 5.10 Å². The van der Waals surface area contributed by atoms with E-state index in [2.05, 4.69) is 10.3 Å². The van der Waals surface area contributed by atoms with E-state index in [1.165, 1.54) is 4.85 Å². The van der Waals surface area contributed by atoms with E-state index in [1.54, 1.807) is 0 Å². The van der Waals surface area contributed by atoms with Crippen molar-refractivity contribution in [3.05, 3.63) is 24.3 Å². The first-order valence-electron chi connectivity index (χ1n) is 4.18. The maximum atomic E-state index is 5.42. The second-order valence-electron chi connectivity index (χ2n) is 3.03. The van der Waals surface area contributed by atoms with Crippen LogP contribution in [0.25, 0.3) is 11.0 Å². The van der Waals surface area contributed by atoms with E-state index in [9.17, 15) is 0 Å². The van der Waals surface area contributed by atoms with E-state index in [0.717, 1.165) is 11.0 Å². The van der Waals surface area contributed by atoms with Crippen LogP contribution in [0, 0.1) is 0 Å². The summed E-state index contributed by atoms with van der Waals surface area (Å²) in [4.78, 5) is 1.45. The highest BCUT2D eigenvalue weighted by Gasteiger charge is 2.03. The zero-order valence-electron chi connectivity index (χ0n) is 8.01. The summed E-state index contributed by atoms with van der Waals surface area (Å²) < 4.78 is 7.36. The number of aromatic nitrogens is 3. The molecule has 1 aromatic carbocycles. The molecule has 1 atom stereocenters. The largest absolute Gasteiger partial charge is 0.362 e. The lowest BCUT2D eigenvalue weighted by molar-refractivity contribution is 0.259. The van der Waals surface area contributed by atoms with Gasteiger partial charge in [-0.05, 0) is 31.4 Å².